The van der Waals surface area contributed by atoms with E-state index in [0.29, 0.717) is 12.5 Å². The fourth-order valence-electron chi connectivity index (χ4n) is 2.78. The quantitative estimate of drug-likeness (QED) is 0.770. The van der Waals surface area contributed by atoms with E-state index in [1.165, 1.54) is 17.5 Å². The van der Waals surface area contributed by atoms with Gasteiger partial charge in [-0.05, 0) is 17.5 Å². The second kappa shape index (κ2) is 4.48. The molecule has 2 atom stereocenters. The van der Waals surface area contributed by atoms with Crippen LogP contribution in [-0.4, -0.2) is 37.2 Å². The van der Waals surface area contributed by atoms with Gasteiger partial charge in [-0.2, -0.15) is 5.26 Å². The van der Waals surface area contributed by atoms with E-state index in [1.807, 2.05) is 0 Å². The second-order valence-corrected chi connectivity index (χ2v) is 4.85. The molecular weight excluding hydrogens is 212 g/mol. The Morgan fingerprint density at radius 3 is 3.12 bits per heavy atom. The number of nitrogens with zero attached hydrogens (tertiary/aromatic N) is 2. The Kier molecular flexibility index (Phi) is 2.84. The molecule has 0 amide bonds. The molecule has 3 heteroatoms. The van der Waals surface area contributed by atoms with E-state index in [0.717, 1.165) is 19.6 Å². The molecule has 0 saturated carbocycles. The standard InChI is InChI=1S/C14H16N2O/c15-8-13-10-16(5-6-17-13)9-12-7-11-3-1-2-4-14(11)12/h1-4,12-13H,5-7,9-10H2. The minimum absolute atomic E-state index is 0.237. The van der Waals surface area contributed by atoms with E-state index in [9.17, 15) is 0 Å². The topological polar surface area (TPSA) is 36.3 Å². The molecule has 1 heterocycles. The number of nitriles is 1. The Hall–Kier alpha value is -1.37. The van der Waals surface area contributed by atoms with Gasteiger partial charge in [0.15, 0.2) is 6.10 Å². The third kappa shape index (κ3) is 2.06. The molecule has 0 N–H and O–H groups in total. The van der Waals surface area contributed by atoms with Crippen LogP contribution in [0.4, 0.5) is 0 Å². The molecule has 0 spiro atoms. The maximum absolute atomic E-state index is 8.87. The Morgan fingerprint density at radius 1 is 1.41 bits per heavy atom. The Bertz CT molecular complexity index is 452. The van der Waals surface area contributed by atoms with Gasteiger partial charge in [0.05, 0.1) is 12.7 Å². The molecule has 17 heavy (non-hydrogen) atoms. The highest BCUT2D eigenvalue weighted by molar-refractivity contribution is 5.40. The van der Waals surface area contributed by atoms with Gasteiger partial charge in [0.25, 0.3) is 0 Å². The van der Waals surface area contributed by atoms with Crippen molar-refractivity contribution in [1.29, 1.82) is 5.26 Å². The fourth-order valence-corrected chi connectivity index (χ4v) is 2.78. The molecule has 3 rings (SSSR count). The number of benzene rings is 1. The van der Waals surface area contributed by atoms with Gasteiger partial charge >= 0.3 is 0 Å². The highest BCUT2D eigenvalue weighted by atomic mass is 16.5. The van der Waals surface area contributed by atoms with Crippen molar-refractivity contribution < 1.29 is 4.74 Å². The summed E-state index contributed by atoms with van der Waals surface area (Å²) in [6.45, 7) is 3.47. The lowest BCUT2D eigenvalue weighted by Crippen LogP contribution is -2.44. The zero-order valence-electron chi connectivity index (χ0n) is 9.80. The van der Waals surface area contributed by atoms with E-state index in [4.69, 9.17) is 10.00 Å². The molecule has 0 radical (unpaired) electrons. The Morgan fingerprint density at radius 2 is 2.29 bits per heavy atom. The van der Waals surface area contributed by atoms with Gasteiger partial charge in [-0.1, -0.05) is 24.3 Å². The first-order valence-electron chi connectivity index (χ1n) is 6.18. The van der Waals surface area contributed by atoms with Crippen LogP contribution < -0.4 is 0 Å². The summed E-state index contributed by atoms with van der Waals surface area (Å²) < 4.78 is 5.36. The molecule has 1 aliphatic heterocycles. The summed E-state index contributed by atoms with van der Waals surface area (Å²) in [5, 5.41) is 8.87. The van der Waals surface area contributed by atoms with Crippen LogP contribution >= 0.6 is 0 Å². The van der Waals surface area contributed by atoms with Crippen molar-refractivity contribution in [3.05, 3.63) is 35.4 Å². The first-order chi connectivity index (χ1) is 8.36. The summed E-state index contributed by atoms with van der Waals surface area (Å²) in [4.78, 5) is 2.36. The van der Waals surface area contributed by atoms with Gasteiger partial charge in [-0.25, -0.2) is 0 Å². The minimum atomic E-state index is -0.237. The van der Waals surface area contributed by atoms with Gasteiger partial charge in [0.2, 0.25) is 0 Å². The highest BCUT2D eigenvalue weighted by Gasteiger charge is 2.29. The lowest BCUT2D eigenvalue weighted by molar-refractivity contribution is -0.00239. The molecular formula is C14H16N2O. The molecule has 1 aromatic rings. The summed E-state index contributed by atoms with van der Waals surface area (Å²) in [6, 6.07) is 10.9. The van der Waals surface area contributed by atoms with E-state index in [-0.39, 0.29) is 6.10 Å². The third-order valence-corrected chi connectivity index (χ3v) is 3.73. The number of hydrogen-bond donors (Lipinski definition) is 0. The van der Waals surface area contributed by atoms with Gasteiger partial charge in [0.1, 0.15) is 0 Å². The van der Waals surface area contributed by atoms with Crippen LogP contribution in [0, 0.1) is 11.3 Å². The SMILES string of the molecule is N#CC1CN(CC2Cc3ccccc32)CCO1. The lowest BCUT2D eigenvalue weighted by atomic mass is 9.77. The van der Waals surface area contributed by atoms with Crippen LogP contribution in [0.5, 0.6) is 0 Å². The minimum Gasteiger partial charge on any atom is -0.361 e. The molecule has 1 aliphatic carbocycles. The van der Waals surface area contributed by atoms with Crippen LogP contribution in [0.25, 0.3) is 0 Å². The fraction of sp³-hybridized carbons (Fsp3) is 0.500. The van der Waals surface area contributed by atoms with Gasteiger partial charge in [-0.3, -0.25) is 4.90 Å². The summed E-state index contributed by atoms with van der Waals surface area (Å²) in [7, 11) is 0. The van der Waals surface area contributed by atoms with Crippen molar-refractivity contribution in [1.82, 2.24) is 4.90 Å². The van der Waals surface area contributed by atoms with Crippen LogP contribution in [0.1, 0.15) is 17.0 Å². The van der Waals surface area contributed by atoms with Crippen LogP contribution in [0.2, 0.25) is 0 Å². The van der Waals surface area contributed by atoms with Crippen LogP contribution in [-0.2, 0) is 11.2 Å². The van der Waals surface area contributed by atoms with Crippen LogP contribution in [0.3, 0.4) is 0 Å². The third-order valence-electron chi connectivity index (χ3n) is 3.73. The average molecular weight is 228 g/mol. The largest absolute Gasteiger partial charge is 0.361 e. The second-order valence-electron chi connectivity index (χ2n) is 4.85. The molecule has 2 aliphatic rings. The molecule has 1 aromatic carbocycles. The zero-order chi connectivity index (χ0) is 11.7. The molecule has 0 aromatic heterocycles. The van der Waals surface area contributed by atoms with E-state index in [2.05, 4.69) is 35.2 Å². The summed E-state index contributed by atoms with van der Waals surface area (Å²) in [6.07, 6.45) is 0.948. The molecule has 0 bridgehead atoms. The first-order valence-corrected chi connectivity index (χ1v) is 6.18. The van der Waals surface area contributed by atoms with Crippen molar-refractivity contribution in [3.63, 3.8) is 0 Å². The highest BCUT2D eigenvalue weighted by Crippen LogP contribution is 2.35. The summed E-state index contributed by atoms with van der Waals surface area (Å²) >= 11 is 0. The molecule has 2 unspecified atom stereocenters. The number of ether oxygens (including phenoxy) is 1. The Balaban J connectivity index is 1.61. The van der Waals surface area contributed by atoms with E-state index < -0.39 is 0 Å². The smallest absolute Gasteiger partial charge is 0.156 e. The van der Waals surface area contributed by atoms with Crippen molar-refractivity contribution in [3.8, 4) is 6.07 Å². The lowest BCUT2D eigenvalue weighted by Gasteiger charge is -2.37. The Labute approximate surface area is 102 Å². The number of morpholine rings is 1. The summed E-state index contributed by atoms with van der Waals surface area (Å²) in [5.74, 6) is 0.656. The predicted octanol–water partition coefficient (Wildman–Crippen LogP) is 1.55. The molecule has 3 nitrogen and oxygen atoms in total. The number of fused-ring (bicyclic) bond motifs is 1. The van der Waals surface area contributed by atoms with Gasteiger partial charge < -0.3 is 4.74 Å². The van der Waals surface area contributed by atoms with Crippen molar-refractivity contribution in [2.75, 3.05) is 26.2 Å². The van der Waals surface area contributed by atoms with E-state index in [1.54, 1.807) is 0 Å². The zero-order valence-corrected chi connectivity index (χ0v) is 9.80. The number of rotatable bonds is 2. The first kappa shape index (κ1) is 10.8. The van der Waals surface area contributed by atoms with Gasteiger partial charge in [-0.15, -0.1) is 0 Å². The van der Waals surface area contributed by atoms with Gasteiger partial charge in [0, 0.05) is 25.6 Å². The molecule has 1 saturated heterocycles. The van der Waals surface area contributed by atoms with Crippen LogP contribution in [0.15, 0.2) is 24.3 Å². The maximum Gasteiger partial charge on any atom is 0.156 e. The summed E-state index contributed by atoms with van der Waals surface area (Å²) in [5.41, 5.74) is 2.98. The molecule has 88 valence electrons. The monoisotopic (exact) mass is 228 g/mol. The van der Waals surface area contributed by atoms with Crippen molar-refractivity contribution in [2.24, 2.45) is 0 Å². The van der Waals surface area contributed by atoms with Crippen molar-refractivity contribution >= 4 is 0 Å². The normalized spacial score (nSPS) is 27.9. The van der Waals surface area contributed by atoms with Crippen molar-refractivity contribution in [2.45, 2.75) is 18.4 Å². The predicted molar refractivity (Wildman–Crippen MR) is 64.7 cm³/mol. The molecule has 1 fully saturated rings. The maximum atomic E-state index is 8.87. The van der Waals surface area contributed by atoms with E-state index >= 15 is 0 Å². The average Bonchev–Trinajstić information content (AvgIpc) is 2.36. The number of hydrogen-bond acceptors (Lipinski definition) is 3.